The van der Waals surface area contributed by atoms with Crippen LogP contribution in [0.5, 0.6) is 0 Å². The van der Waals surface area contributed by atoms with Crippen molar-refractivity contribution in [1.29, 1.82) is 0 Å². The maximum Gasteiger partial charge on any atom is 0.273 e. The molecule has 2 aliphatic carbocycles. The van der Waals surface area contributed by atoms with Crippen LogP contribution in [0, 0.1) is 13.8 Å². The van der Waals surface area contributed by atoms with Crippen LogP contribution in [0.2, 0.25) is 0 Å². The summed E-state index contributed by atoms with van der Waals surface area (Å²) in [5.41, 5.74) is 6.59. The van der Waals surface area contributed by atoms with Gasteiger partial charge in [0.1, 0.15) is 28.6 Å². The number of aromatic nitrogens is 4. The van der Waals surface area contributed by atoms with Crippen LogP contribution < -0.4 is 15.5 Å². The minimum atomic E-state index is -0.277. The number of fused-ring (bicyclic) bond motifs is 2. The number of carbonyl (C=O) groups excluding carboxylic acids is 2. The molecule has 4 aromatic rings. The van der Waals surface area contributed by atoms with Gasteiger partial charge in [0.15, 0.2) is 23.2 Å². The molecule has 10 heteroatoms. The average Bonchev–Trinajstić information content (AvgIpc) is 3.92. The fourth-order valence-corrected chi connectivity index (χ4v) is 8.39. The molecule has 10 nitrogen and oxygen atoms in total. The minimum absolute atomic E-state index is 0.0218. The zero-order valence-electron chi connectivity index (χ0n) is 33.3. The Morgan fingerprint density at radius 3 is 1.94 bits per heavy atom. The molecular formula is C44H56N8O2. The topological polar surface area (TPSA) is 116 Å². The van der Waals surface area contributed by atoms with Gasteiger partial charge in [-0.1, -0.05) is 92.3 Å². The average molecular weight is 729 g/mol. The van der Waals surface area contributed by atoms with Gasteiger partial charge in [-0.05, 0) is 67.2 Å². The Hall–Kier alpha value is -4.86. The lowest BCUT2D eigenvalue weighted by Crippen LogP contribution is -2.51. The van der Waals surface area contributed by atoms with Crippen LogP contribution in [-0.2, 0) is 6.42 Å². The molecule has 2 aliphatic heterocycles. The van der Waals surface area contributed by atoms with E-state index in [1.54, 1.807) is 4.90 Å². The van der Waals surface area contributed by atoms with Crippen LogP contribution in [0.3, 0.4) is 0 Å². The molecule has 8 rings (SSSR count). The molecule has 0 saturated heterocycles. The molecule has 2 saturated carbocycles. The van der Waals surface area contributed by atoms with E-state index in [1.165, 1.54) is 49.7 Å². The molecule has 4 aliphatic rings. The van der Waals surface area contributed by atoms with E-state index in [-0.39, 0.29) is 22.9 Å². The van der Waals surface area contributed by atoms with Gasteiger partial charge in [-0.15, -0.1) is 0 Å². The van der Waals surface area contributed by atoms with Crippen molar-refractivity contribution in [1.82, 2.24) is 24.8 Å². The van der Waals surface area contributed by atoms with Crippen molar-refractivity contribution in [2.75, 3.05) is 22.6 Å². The van der Waals surface area contributed by atoms with Crippen LogP contribution in [0.25, 0.3) is 22.8 Å². The summed E-state index contributed by atoms with van der Waals surface area (Å²) in [7, 11) is 1.86. The molecule has 0 atom stereocenters. The monoisotopic (exact) mass is 728 g/mol. The molecule has 2 fully saturated rings. The Bertz CT molecular complexity index is 2020. The van der Waals surface area contributed by atoms with Crippen molar-refractivity contribution < 1.29 is 9.59 Å². The zero-order valence-corrected chi connectivity index (χ0v) is 33.3. The third-order valence-electron chi connectivity index (χ3n) is 11.8. The van der Waals surface area contributed by atoms with Gasteiger partial charge in [-0.2, -0.15) is 0 Å². The molecule has 0 spiro atoms. The second kappa shape index (κ2) is 14.8. The summed E-state index contributed by atoms with van der Waals surface area (Å²) in [5.74, 6) is 3.01. The first-order chi connectivity index (χ1) is 25.8. The van der Waals surface area contributed by atoms with Crippen LogP contribution in [0.4, 0.5) is 17.3 Å². The lowest BCUT2D eigenvalue weighted by atomic mass is 9.87. The second-order valence-electron chi connectivity index (χ2n) is 16.8. The highest BCUT2D eigenvalue weighted by molar-refractivity contribution is 6.03. The van der Waals surface area contributed by atoms with Crippen LogP contribution in [0.15, 0.2) is 48.5 Å². The van der Waals surface area contributed by atoms with E-state index in [0.29, 0.717) is 41.5 Å². The van der Waals surface area contributed by atoms with Gasteiger partial charge in [0.2, 0.25) is 0 Å². The maximum atomic E-state index is 13.1. The molecule has 0 radical (unpaired) electrons. The number of aryl methyl sites for hydroxylation is 2. The summed E-state index contributed by atoms with van der Waals surface area (Å²) in [6, 6.07) is 17.2. The molecule has 1 amide bonds. The zero-order chi connectivity index (χ0) is 38.4. The van der Waals surface area contributed by atoms with Crippen molar-refractivity contribution in [3.05, 3.63) is 76.6 Å². The number of benzene rings is 2. The molecule has 0 bridgehead atoms. The van der Waals surface area contributed by atoms with Crippen LogP contribution >= 0.6 is 0 Å². The number of carbonyl (C=O) groups is 2. The molecule has 284 valence electrons. The van der Waals surface area contributed by atoms with Gasteiger partial charge in [0.05, 0.1) is 0 Å². The Morgan fingerprint density at radius 2 is 1.37 bits per heavy atom. The fraction of sp³-hybridized carbons (Fsp3) is 0.500. The molecule has 2 aromatic carbocycles. The molecule has 0 unspecified atom stereocenters. The largest absolute Gasteiger partial charge is 0.367 e. The number of amides is 1. The predicted octanol–water partition coefficient (Wildman–Crippen LogP) is 9.17. The number of nitrogens with zero attached hydrogens (tertiary/aromatic N) is 6. The summed E-state index contributed by atoms with van der Waals surface area (Å²) < 4.78 is 0. The number of rotatable bonds is 7. The smallest absolute Gasteiger partial charge is 0.273 e. The number of likely N-dealkylation sites (N-methyl/N-ethyl adjacent to an activating group) is 1. The highest BCUT2D eigenvalue weighted by Gasteiger charge is 2.44. The minimum Gasteiger partial charge on any atom is -0.367 e. The molecule has 54 heavy (non-hydrogen) atoms. The highest BCUT2D eigenvalue weighted by Crippen LogP contribution is 2.45. The van der Waals surface area contributed by atoms with Gasteiger partial charge in [0.25, 0.3) is 5.91 Å². The van der Waals surface area contributed by atoms with E-state index in [2.05, 4.69) is 81.3 Å². The standard InChI is InChI=1S/2C22H28N4O/c1-14-9-11-15(12-10-14)19-24-18-17(13-22(2,3)26(4)21(18)27)20(25-19)23-16-7-5-6-8-16;1-5-17(27)18-19-21(24-20(23-18)15-12-10-14(2)11-13-15)26(22(3,4)25-19)16-8-6-7-9-16/h9-12,16H,5-8,13H2,1-4H3,(H,23,24,25);10-13,16,25H,5-9H2,1-4H3. The second-order valence-corrected chi connectivity index (χ2v) is 16.8. The fourth-order valence-electron chi connectivity index (χ4n) is 8.39. The Morgan fingerprint density at radius 1 is 0.815 bits per heavy atom. The van der Waals surface area contributed by atoms with Gasteiger partial charge < -0.3 is 20.4 Å². The summed E-state index contributed by atoms with van der Waals surface area (Å²) in [5, 5.41) is 7.19. The summed E-state index contributed by atoms with van der Waals surface area (Å²) >= 11 is 0. The highest BCUT2D eigenvalue weighted by atomic mass is 16.2. The predicted molar refractivity (Wildman–Crippen MR) is 217 cm³/mol. The van der Waals surface area contributed by atoms with Crippen LogP contribution in [0.1, 0.15) is 130 Å². The van der Waals surface area contributed by atoms with E-state index < -0.39 is 0 Å². The lowest BCUT2D eigenvalue weighted by molar-refractivity contribution is 0.0583. The van der Waals surface area contributed by atoms with Crippen molar-refractivity contribution in [2.45, 2.75) is 136 Å². The molecule has 2 aromatic heterocycles. The lowest BCUT2D eigenvalue weighted by Gasteiger charge is -2.40. The first kappa shape index (κ1) is 37.5. The van der Waals surface area contributed by atoms with Crippen molar-refractivity contribution in [2.24, 2.45) is 0 Å². The Balaban J connectivity index is 0.000000167. The number of ketones is 1. The van der Waals surface area contributed by atoms with Gasteiger partial charge in [-0.25, -0.2) is 19.9 Å². The quantitative estimate of drug-likeness (QED) is 0.180. The first-order valence-corrected chi connectivity index (χ1v) is 19.9. The Kier molecular flexibility index (Phi) is 10.2. The summed E-state index contributed by atoms with van der Waals surface area (Å²) in [6.45, 7) is 14.5. The number of Topliss-reactive ketones (excluding diaryl/α,β-unsaturated/α-hetero) is 1. The number of hydrogen-bond donors (Lipinski definition) is 2. The van der Waals surface area contributed by atoms with Gasteiger partial charge in [0, 0.05) is 54.2 Å². The summed E-state index contributed by atoms with van der Waals surface area (Å²) in [4.78, 5) is 49.2. The third-order valence-corrected chi connectivity index (χ3v) is 11.8. The Labute approximate surface area is 320 Å². The van der Waals surface area contributed by atoms with Crippen LogP contribution in [-0.4, -0.2) is 66.9 Å². The number of hydrogen-bond acceptors (Lipinski definition) is 9. The van der Waals surface area contributed by atoms with Gasteiger partial charge in [-0.3, -0.25) is 9.59 Å². The maximum absolute atomic E-state index is 13.1. The van der Waals surface area contributed by atoms with E-state index in [9.17, 15) is 9.59 Å². The number of nitrogens with one attached hydrogen (secondary N) is 2. The molecular weight excluding hydrogens is 673 g/mol. The van der Waals surface area contributed by atoms with Crippen molar-refractivity contribution >= 4 is 29.0 Å². The first-order valence-electron chi connectivity index (χ1n) is 19.9. The van der Waals surface area contributed by atoms with E-state index >= 15 is 0 Å². The molecule has 2 N–H and O–H groups in total. The van der Waals surface area contributed by atoms with Crippen molar-refractivity contribution in [3.8, 4) is 22.8 Å². The SMILES string of the molecule is CCC(=O)c1nc(-c2ccc(C)cc2)nc2c1NC(C)(C)N2C1CCCC1.Cc1ccc(-c2nc(NC3CCCC3)c3c(n2)C(=O)N(C)C(C)(C)C3)cc1. The molecule has 4 heterocycles. The summed E-state index contributed by atoms with van der Waals surface area (Å²) in [6.07, 6.45) is 10.9. The third kappa shape index (κ3) is 7.31. The van der Waals surface area contributed by atoms with Crippen molar-refractivity contribution in [3.63, 3.8) is 0 Å². The normalized spacial score (nSPS) is 18.9. The van der Waals surface area contributed by atoms with E-state index in [1.807, 2.05) is 38.2 Å². The van der Waals surface area contributed by atoms with E-state index in [0.717, 1.165) is 53.3 Å². The van der Waals surface area contributed by atoms with Gasteiger partial charge >= 0.3 is 0 Å². The van der Waals surface area contributed by atoms with E-state index in [4.69, 9.17) is 19.9 Å². The number of anilines is 3.